The molecule has 0 radical (unpaired) electrons. The first-order valence-electron chi connectivity index (χ1n) is 6.27. The lowest BCUT2D eigenvalue weighted by molar-refractivity contribution is 0.0449. The third kappa shape index (κ3) is 2.82. The maximum atomic E-state index is 10.1. The molecule has 1 aromatic carbocycles. The normalized spacial score (nSPS) is 24.1. The average molecular weight is 264 g/mol. The minimum Gasteiger partial charge on any atom is -0.389 e. The second-order valence-electron chi connectivity index (χ2n) is 5.39. The fourth-order valence-electron chi connectivity index (χ4n) is 2.56. The molecular formula is C14H20N2OS. The molecule has 1 atom stereocenters. The molecule has 1 unspecified atom stereocenters. The number of benzene rings is 1. The monoisotopic (exact) mass is 264 g/mol. The first-order chi connectivity index (χ1) is 8.39. The van der Waals surface area contributed by atoms with Crippen LogP contribution < -0.4 is 10.6 Å². The van der Waals surface area contributed by atoms with Gasteiger partial charge in [-0.15, -0.1) is 0 Å². The second-order valence-corrected chi connectivity index (χ2v) is 5.83. The van der Waals surface area contributed by atoms with Gasteiger partial charge in [0.25, 0.3) is 0 Å². The number of piperidine rings is 1. The minimum absolute atomic E-state index is 0.435. The Morgan fingerprint density at radius 1 is 1.50 bits per heavy atom. The van der Waals surface area contributed by atoms with E-state index >= 15 is 0 Å². The molecule has 1 saturated heterocycles. The Hall–Kier alpha value is -1.13. The van der Waals surface area contributed by atoms with Gasteiger partial charge in [-0.05, 0) is 50.5 Å². The summed E-state index contributed by atoms with van der Waals surface area (Å²) in [5, 5.41) is 10.1. The molecule has 1 aliphatic rings. The zero-order valence-corrected chi connectivity index (χ0v) is 11.8. The third-order valence-electron chi connectivity index (χ3n) is 3.52. The predicted molar refractivity (Wildman–Crippen MR) is 79.1 cm³/mol. The molecule has 4 heteroatoms. The van der Waals surface area contributed by atoms with Gasteiger partial charge in [-0.3, -0.25) is 0 Å². The van der Waals surface area contributed by atoms with Crippen LogP contribution in [0.5, 0.6) is 0 Å². The van der Waals surface area contributed by atoms with Crippen molar-refractivity contribution in [3.05, 3.63) is 29.3 Å². The summed E-state index contributed by atoms with van der Waals surface area (Å²) < 4.78 is 0. The van der Waals surface area contributed by atoms with Crippen LogP contribution in [0.2, 0.25) is 0 Å². The summed E-state index contributed by atoms with van der Waals surface area (Å²) in [6.07, 6.45) is 1.89. The molecule has 1 aromatic rings. The maximum absolute atomic E-state index is 10.1. The van der Waals surface area contributed by atoms with Crippen LogP contribution in [0.3, 0.4) is 0 Å². The van der Waals surface area contributed by atoms with Gasteiger partial charge in [-0.25, -0.2) is 0 Å². The molecule has 0 bridgehead atoms. The summed E-state index contributed by atoms with van der Waals surface area (Å²) in [6.45, 7) is 5.58. The van der Waals surface area contributed by atoms with Crippen LogP contribution in [0.25, 0.3) is 0 Å². The Kier molecular flexibility index (Phi) is 3.59. The van der Waals surface area contributed by atoms with E-state index in [-0.39, 0.29) is 0 Å². The summed E-state index contributed by atoms with van der Waals surface area (Å²) in [6, 6.07) is 6.09. The molecule has 3 nitrogen and oxygen atoms in total. The number of thiocarbonyl (C=S) groups is 1. The number of nitrogens with zero attached hydrogens (tertiary/aromatic N) is 1. The van der Waals surface area contributed by atoms with E-state index in [1.54, 1.807) is 0 Å². The van der Waals surface area contributed by atoms with Crippen molar-refractivity contribution in [1.29, 1.82) is 0 Å². The predicted octanol–water partition coefficient (Wildman–Crippen LogP) is 1.98. The highest BCUT2D eigenvalue weighted by atomic mass is 32.1. The van der Waals surface area contributed by atoms with Crippen molar-refractivity contribution < 1.29 is 5.11 Å². The van der Waals surface area contributed by atoms with Gasteiger partial charge in [-0.1, -0.05) is 12.2 Å². The van der Waals surface area contributed by atoms with Crippen molar-refractivity contribution >= 4 is 22.9 Å². The van der Waals surface area contributed by atoms with E-state index in [1.165, 1.54) is 0 Å². The molecule has 0 spiro atoms. The fraction of sp³-hybridized carbons (Fsp3) is 0.500. The van der Waals surface area contributed by atoms with Crippen LogP contribution in [-0.2, 0) is 0 Å². The zero-order valence-electron chi connectivity index (χ0n) is 10.9. The van der Waals surface area contributed by atoms with Gasteiger partial charge in [0, 0.05) is 24.3 Å². The molecule has 18 heavy (non-hydrogen) atoms. The van der Waals surface area contributed by atoms with Crippen LogP contribution in [0.1, 0.15) is 30.9 Å². The van der Waals surface area contributed by atoms with E-state index in [2.05, 4.69) is 11.0 Å². The van der Waals surface area contributed by atoms with Crippen molar-refractivity contribution in [2.75, 3.05) is 18.0 Å². The molecular weight excluding hydrogens is 244 g/mol. The smallest absolute Gasteiger partial charge is 0.104 e. The van der Waals surface area contributed by atoms with Gasteiger partial charge < -0.3 is 15.7 Å². The first kappa shape index (κ1) is 13.3. The topological polar surface area (TPSA) is 49.5 Å². The van der Waals surface area contributed by atoms with Gasteiger partial charge in [0.2, 0.25) is 0 Å². The maximum Gasteiger partial charge on any atom is 0.104 e. The quantitative estimate of drug-likeness (QED) is 0.802. The molecule has 98 valence electrons. The van der Waals surface area contributed by atoms with Gasteiger partial charge in [0.1, 0.15) is 4.99 Å². The number of hydrogen-bond donors (Lipinski definition) is 2. The van der Waals surface area contributed by atoms with Crippen molar-refractivity contribution in [2.45, 2.75) is 32.3 Å². The molecule has 2 rings (SSSR count). The number of rotatable bonds is 2. The number of aryl methyl sites for hydroxylation is 1. The summed E-state index contributed by atoms with van der Waals surface area (Å²) in [4.78, 5) is 2.66. The van der Waals surface area contributed by atoms with Gasteiger partial charge in [0.05, 0.1) is 5.60 Å². The summed E-state index contributed by atoms with van der Waals surface area (Å²) >= 11 is 5.01. The van der Waals surface area contributed by atoms with Crippen LogP contribution in [0.15, 0.2) is 18.2 Å². The SMILES string of the molecule is Cc1cc(N2CCCC(C)(O)C2)ccc1C(N)=S. The number of nitrogens with two attached hydrogens (primary N) is 1. The average Bonchev–Trinajstić information content (AvgIpc) is 2.27. The van der Waals surface area contributed by atoms with Crippen LogP contribution >= 0.6 is 12.2 Å². The van der Waals surface area contributed by atoms with Crippen molar-refractivity contribution in [3.8, 4) is 0 Å². The number of anilines is 1. The van der Waals surface area contributed by atoms with E-state index < -0.39 is 5.60 Å². The number of β-amino-alcohol motifs (C(OH)–C–C–N with tert-alkyl or cyclic N) is 1. The molecule has 1 heterocycles. The van der Waals surface area contributed by atoms with Crippen LogP contribution in [-0.4, -0.2) is 28.8 Å². The summed E-state index contributed by atoms with van der Waals surface area (Å²) in [5.41, 5.74) is 8.22. The number of aliphatic hydroxyl groups is 1. The lowest BCUT2D eigenvalue weighted by atomic mass is 9.94. The third-order valence-corrected chi connectivity index (χ3v) is 3.74. The first-order valence-corrected chi connectivity index (χ1v) is 6.68. The van der Waals surface area contributed by atoms with E-state index in [0.29, 0.717) is 11.5 Å². The summed E-state index contributed by atoms with van der Waals surface area (Å²) in [5.74, 6) is 0. The van der Waals surface area contributed by atoms with Crippen LogP contribution in [0.4, 0.5) is 5.69 Å². The highest BCUT2D eigenvalue weighted by molar-refractivity contribution is 7.80. The molecule has 3 N–H and O–H groups in total. The van der Waals surface area contributed by atoms with E-state index in [9.17, 15) is 5.11 Å². The Labute approximate surface area is 114 Å². The number of hydrogen-bond acceptors (Lipinski definition) is 3. The van der Waals surface area contributed by atoms with Crippen LogP contribution in [0, 0.1) is 6.92 Å². The fourth-order valence-corrected chi connectivity index (χ4v) is 2.79. The highest BCUT2D eigenvalue weighted by Crippen LogP contribution is 2.27. The second kappa shape index (κ2) is 4.86. The molecule has 1 fully saturated rings. The van der Waals surface area contributed by atoms with E-state index in [0.717, 1.165) is 36.2 Å². The molecule has 0 aromatic heterocycles. The Morgan fingerprint density at radius 2 is 2.22 bits per heavy atom. The lowest BCUT2D eigenvalue weighted by Crippen LogP contribution is -2.46. The molecule has 0 aliphatic carbocycles. The Bertz CT molecular complexity index is 471. The Balaban J connectivity index is 2.24. The molecule has 1 aliphatic heterocycles. The molecule has 0 amide bonds. The lowest BCUT2D eigenvalue weighted by Gasteiger charge is -2.38. The standard InChI is InChI=1S/C14H20N2OS/c1-10-8-11(4-5-12(10)13(15)18)16-7-3-6-14(2,17)9-16/h4-5,8,17H,3,6-7,9H2,1-2H3,(H2,15,18). The summed E-state index contributed by atoms with van der Waals surface area (Å²) in [7, 11) is 0. The van der Waals surface area contributed by atoms with Gasteiger partial charge in [0.15, 0.2) is 0 Å². The van der Waals surface area contributed by atoms with Crippen molar-refractivity contribution in [2.24, 2.45) is 5.73 Å². The minimum atomic E-state index is -0.589. The van der Waals surface area contributed by atoms with Crippen molar-refractivity contribution in [3.63, 3.8) is 0 Å². The molecule has 0 saturated carbocycles. The van der Waals surface area contributed by atoms with Gasteiger partial charge in [-0.2, -0.15) is 0 Å². The van der Waals surface area contributed by atoms with Crippen molar-refractivity contribution in [1.82, 2.24) is 0 Å². The van der Waals surface area contributed by atoms with E-state index in [4.69, 9.17) is 18.0 Å². The van der Waals surface area contributed by atoms with E-state index in [1.807, 2.05) is 26.0 Å². The zero-order chi connectivity index (χ0) is 13.3. The Morgan fingerprint density at radius 3 is 2.78 bits per heavy atom. The highest BCUT2D eigenvalue weighted by Gasteiger charge is 2.28. The van der Waals surface area contributed by atoms with Gasteiger partial charge >= 0.3 is 0 Å². The largest absolute Gasteiger partial charge is 0.389 e.